The second kappa shape index (κ2) is 5.67. The van der Waals surface area contributed by atoms with Crippen LogP contribution in [0.1, 0.15) is 25.7 Å². The van der Waals surface area contributed by atoms with Crippen LogP contribution in [-0.2, 0) is 4.79 Å². The molecule has 2 aliphatic rings. The van der Waals surface area contributed by atoms with Gasteiger partial charge in [-0.05, 0) is 32.7 Å². The van der Waals surface area contributed by atoms with Gasteiger partial charge in [0.25, 0.3) is 0 Å². The van der Waals surface area contributed by atoms with Crippen LogP contribution < -0.4 is 16.0 Å². The fraction of sp³-hybridized carbons (Fsp3) is 0.833. The molecule has 0 spiro atoms. The summed E-state index contributed by atoms with van der Waals surface area (Å²) in [5, 5.41) is 8.24. The third-order valence-corrected chi connectivity index (χ3v) is 3.94. The van der Waals surface area contributed by atoms with Crippen molar-refractivity contribution in [2.45, 2.75) is 43.8 Å². The van der Waals surface area contributed by atoms with Crippen LogP contribution in [0.2, 0.25) is 0 Å². The molecule has 2 rings (SSSR count). The summed E-state index contributed by atoms with van der Waals surface area (Å²) in [6.45, 7) is 0.275. The number of rotatable bonds is 3. The Hall–Kier alpha value is -1.14. The zero-order valence-electron chi connectivity index (χ0n) is 11.0. The summed E-state index contributed by atoms with van der Waals surface area (Å²) in [5.41, 5.74) is 0. The first kappa shape index (κ1) is 13.3. The summed E-state index contributed by atoms with van der Waals surface area (Å²) in [5.74, 6) is -0.247. The largest absolute Gasteiger partial charge is 0.341 e. The molecule has 3 amide bonds. The molecular weight excluding hydrogens is 232 g/mol. The smallest absolute Gasteiger partial charge is 0.321 e. The second-order valence-electron chi connectivity index (χ2n) is 5.31. The number of piperidine rings is 1. The highest BCUT2D eigenvalue weighted by Crippen LogP contribution is 2.28. The number of amides is 3. The fourth-order valence-electron chi connectivity index (χ4n) is 2.97. The molecule has 2 bridgehead atoms. The second-order valence-corrected chi connectivity index (χ2v) is 5.31. The van der Waals surface area contributed by atoms with Gasteiger partial charge in [-0.15, -0.1) is 0 Å². The molecule has 2 aliphatic heterocycles. The zero-order chi connectivity index (χ0) is 13.1. The number of imide groups is 1. The summed E-state index contributed by atoms with van der Waals surface area (Å²) in [4.78, 5) is 24.7. The van der Waals surface area contributed by atoms with Gasteiger partial charge in [0.05, 0.1) is 6.54 Å². The Balaban J connectivity index is 1.79. The predicted octanol–water partition coefficient (Wildman–Crippen LogP) is -0.343. The molecule has 0 saturated carbocycles. The van der Waals surface area contributed by atoms with Gasteiger partial charge in [0, 0.05) is 25.2 Å². The molecule has 2 saturated heterocycles. The SMILES string of the molecule is CNC(=O)NC(=O)CN(C)C1CC2CCC(C1)N2. The molecular formula is C12H22N4O2. The molecule has 3 N–H and O–H groups in total. The minimum Gasteiger partial charge on any atom is -0.341 e. The van der Waals surface area contributed by atoms with Crippen molar-refractivity contribution in [3.8, 4) is 0 Å². The van der Waals surface area contributed by atoms with Crippen LogP contribution in [0.4, 0.5) is 4.79 Å². The summed E-state index contributed by atoms with van der Waals surface area (Å²) < 4.78 is 0. The molecule has 2 heterocycles. The molecule has 6 nitrogen and oxygen atoms in total. The highest BCUT2D eigenvalue weighted by Gasteiger charge is 2.35. The maximum absolute atomic E-state index is 11.6. The van der Waals surface area contributed by atoms with Gasteiger partial charge < -0.3 is 10.6 Å². The van der Waals surface area contributed by atoms with Crippen molar-refractivity contribution < 1.29 is 9.59 Å². The number of likely N-dealkylation sites (N-methyl/N-ethyl adjacent to an activating group) is 1. The summed E-state index contributed by atoms with van der Waals surface area (Å²) in [7, 11) is 3.45. The average molecular weight is 254 g/mol. The van der Waals surface area contributed by atoms with Crippen molar-refractivity contribution in [3.63, 3.8) is 0 Å². The first-order valence-electron chi connectivity index (χ1n) is 6.56. The van der Waals surface area contributed by atoms with Gasteiger partial charge in [0.2, 0.25) is 5.91 Å². The van der Waals surface area contributed by atoms with Crippen LogP contribution in [0, 0.1) is 0 Å². The van der Waals surface area contributed by atoms with Crippen molar-refractivity contribution in [1.29, 1.82) is 0 Å². The standard InChI is InChI=1S/C12H22N4O2/c1-13-12(18)15-11(17)7-16(2)10-5-8-3-4-9(6-10)14-8/h8-10,14H,3-7H2,1-2H3,(H2,13,15,17,18). The van der Waals surface area contributed by atoms with Crippen LogP contribution in [0.25, 0.3) is 0 Å². The third kappa shape index (κ3) is 3.20. The van der Waals surface area contributed by atoms with Crippen LogP contribution >= 0.6 is 0 Å². The van der Waals surface area contributed by atoms with Gasteiger partial charge in [0.1, 0.15) is 0 Å². The van der Waals surface area contributed by atoms with Gasteiger partial charge in [-0.1, -0.05) is 0 Å². The number of fused-ring (bicyclic) bond motifs is 2. The Bertz CT molecular complexity index is 322. The Morgan fingerprint density at radius 3 is 2.44 bits per heavy atom. The van der Waals surface area contributed by atoms with E-state index in [0.29, 0.717) is 18.1 Å². The van der Waals surface area contributed by atoms with Crippen molar-refractivity contribution in [1.82, 2.24) is 20.9 Å². The maximum atomic E-state index is 11.6. The molecule has 0 aromatic rings. The van der Waals surface area contributed by atoms with Crippen molar-refractivity contribution in [2.75, 3.05) is 20.6 Å². The number of hydrogen-bond donors (Lipinski definition) is 3. The first-order chi connectivity index (χ1) is 8.58. The maximum Gasteiger partial charge on any atom is 0.321 e. The lowest BCUT2D eigenvalue weighted by atomic mass is 9.98. The van der Waals surface area contributed by atoms with E-state index < -0.39 is 6.03 Å². The molecule has 2 unspecified atom stereocenters. The quantitative estimate of drug-likeness (QED) is 0.644. The highest BCUT2D eigenvalue weighted by atomic mass is 16.2. The van der Waals surface area contributed by atoms with Gasteiger partial charge >= 0.3 is 6.03 Å². The minimum atomic E-state index is -0.446. The van der Waals surface area contributed by atoms with Crippen molar-refractivity contribution in [3.05, 3.63) is 0 Å². The average Bonchev–Trinajstić information content (AvgIpc) is 2.67. The topological polar surface area (TPSA) is 73.5 Å². The number of nitrogens with zero attached hydrogens (tertiary/aromatic N) is 1. The molecule has 6 heteroatoms. The normalized spacial score (nSPS) is 30.3. The zero-order valence-corrected chi connectivity index (χ0v) is 11.0. The van der Waals surface area contributed by atoms with Crippen LogP contribution in [0.3, 0.4) is 0 Å². The summed E-state index contributed by atoms with van der Waals surface area (Å²) in [6, 6.07) is 1.22. The Morgan fingerprint density at radius 1 is 1.28 bits per heavy atom. The summed E-state index contributed by atoms with van der Waals surface area (Å²) in [6.07, 6.45) is 4.69. The number of urea groups is 1. The van der Waals surface area contributed by atoms with Crippen LogP contribution in [0.5, 0.6) is 0 Å². The molecule has 2 atom stereocenters. The number of hydrogen-bond acceptors (Lipinski definition) is 4. The van der Waals surface area contributed by atoms with Gasteiger partial charge in [-0.25, -0.2) is 4.79 Å². The van der Waals surface area contributed by atoms with Gasteiger partial charge in [0.15, 0.2) is 0 Å². The van der Waals surface area contributed by atoms with Gasteiger partial charge in [-0.2, -0.15) is 0 Å². The van der Waals surface area contributed by atoms with Crippen LogP contribution in [0.15, 0.2) is 0 Å². The minimum absolute atomic E-state index is 0.247. The van der Waals surface area contributed by atoms with E-state index >= 15 is 0 Å². The van der Waals surface area contributed by atoms with E-state index in [1.165, 1.54) is 19.9 Å². The highest BCUT2D eigenvalue weighted by molar-refractivity contribution is 5.95. The lowest BCUT2D eigenvalue weighted by Crippen LogP contribution is -2.50. The predicted molar refractivity (Wildman–Crippen MR) is 68.2 cm³/mol. The molecule has 0 aromatic carbocycles. The van der Waals surface area contributed by atoms with Crippen molar-refractivity contribution in [2.24, 2.45) is 0 Å². The molecule has 0 aromatic heterocycles. The molecule has 0 aliphatic carbocycles. The van der Waals surface area contributed by atoms with E-state index in [-0.39, 0.29) is 12.5 Å². The van der Waals surface area contributed by atoms with E-state index in [1.807, 2.05) is 7.05 Å². The monoisotopic (exact) mass is 254 g/mol. The molecule has 2 fully saturated rings. The number of carbonyl (C=O) groups excluding carboxylic acids is 2. The fourth-order valence-corrected chi connectivity index (χ4v) is 2.97. The molecule has 18 heavy (non-hydrogen) atoms. The lowest BCUT2D eigenvalue weighted by Gasteiger charge is -2.35. The van der Waals surface area contributed by atoms with E-state index in [1.54, 1.807) is 0 Å². The van der Waals surface area contributed by atoms with E-state index in [0.717, 1.165) is 12.8 Å². The van der Waals surface area contributed by atoms with E-state index in [9.17, 15) is 9.59 Å². The van der Waals surface area contributed by atoms with Crippen LogP contribution in [-0.4, -0.2) is 55.6 Å². The Morgan fingerprint density at radius 2 is 1.89 bits per heavy atom. The Kier molecular flexibility index (Phi) is 4.19. The molecule has 0 radical (unpaired) electrons. The van der Waals surface area contributed by atoms with Crippen molar-refractivity contribution >= 4 is 11.9 Å². The Labute approximate surface area is 107 Å². The number of nitrogens with one attached hydrogen (secondary N) is 3. The summed E-state index contributed by atoms with van der Waals surface area (Å²) >= 11 is 0. The lowest BCUT2D eigenvalue weighted by molar-refractivity contribution is -0.121. The number of carbonyl (C=O) groups is 2. The third-order valence-electron chi connectivity index (χ3n) is 3.94. The van der Waals surface area contributed by atoms with Gasteiger partial charge in [-0.3, -0.25) is 15.0 Å². The van der Waals surface area contributed by atoms with E-state index in [2.05, 4.69) is 20.9 Å². The van der Waals surface area contributed by atoms with E-state index in [4.69, 9.17) is 0 Å². The molecule has 102 valence electrons. The first-order valence-corrected chi connectivity index (χ1v) is 6.56.